The first-order chi connectivity index (χ1) is 13.6. The standard InChI is InChI=1S/C21H30N4O3/c1-16-7-10-25(16)19-5-3-17(4-6-19)18-13-24(14-18)21(27)23-9-2-12-28-15-20(26)22-8-11-23/h3-6,16,18H,2,7-15H2,1H3,(H,22,26). The first kappa shape index (κ1) is 19.1. The van der Waals surface area contributed by atoms with Gasteiger partial charge in [0.15, 0.2) is 0 Å². The number of benzene rings is 1. The van der Waals surface area contributed by atoms with Gasteiger partial charge < -0.3 is 24.8 Å². The second-order valence-corrected chi connectivity index (χ2v) is 8.05. The molecule has 0 radical (unpaired) electrons. The zero-order valence-corrected chi connectivity index (χ0v) is 16.6. The van der Waals surface area contributed by atoms with Crippen LogP contribution in [0.15, 0.2) is 24.3 Å². The molecule has 4 rings (SSSR count). The van der Waals surface area contributed by atoms with E-state index in [0.717, 1.165) is 26.1 Å². The van der Waals surface area contributed by atoms with E-state index in [-0.39, 0.29) is 18.5 Å². The highest BCUT2D eigenvalue weighted by molar-refractivity contribution is 5.78. The summed E-state index contributed by atoms with van der Waals surface area (Å²) in [7, 11) is 0. The first-order valence-corrected chi connectivity index (χ1v) is 10.4. The molecule has 1 atom stereocenters. The Morgan fingerprint density at radius 1 is 1.11 bits per heavy atom. The molecule has 152 valence electrons. The lowest BCUT2D eigenvalue weighted by molar-refractivity contribution is -0.126. The summed E-state index contributed by atoms with van der Waals surface area (Å²) < 4.78 is 5.30. The molecule has 1 aromatic rings. The number of carbonyl (C=O) groups excluding carboxylic acids is 2. The van der Waals surface area contributed by atoms with Gasteiger partial charge in [-0.1, -0.05) is 12.1 Å². The third-order valence-electron chi connectivity index (χ3n) is 6.09. The quantitative estimate of drug-likeness (QED) is 0.839. The van der Waals surface area contributed by atoms with E-state index >= 15 is 0 Å². The van der Waals surface area contributed by atoms with E-state index < -0.39 is 0 Å². The van der Waals surface area contributed by atoms with Crippen LogP contribution in [0.1, 0.15) is 31.2 Å². The van der Waals surface area contributed by atoms with E-state index in [4.69, 9.17) is 4.74 Å². The molecule has 28 heavy (non-hydrogen) atoms. The molecule has 3 aliphatic heterocycles. The molecule has 1 N–H and O–H groups in total. The molecule has 0 saturated carbocycles. The largest absolute Gasteiger partial charge is 0.372 e. The number of likely N-dealkylation sites (tertiary alicyclic amines) is 1. The minimum atomic E-state index is -0.116. The number of hydrogen-bond acceptors (Lipinski definition) is 4. The molecule has 1 aromatic carbocycles. The van der Waals surface area contributed by atoms with Gasteiger partial charge in [-0.2, -0.15) is 0 Å². The monoisotopic (exact) mass is 386 g/mol. The molecule has 3 saturated heterocycles. The van der Waals surface area contributed by atoms with Crippen LogP contribution in [0.2, 0.25) is 0 Å². The van der Waals surface area contributed by atoms with Crippen LogP contribution < -0.4 is 10.2 Å². The SMILES string of the molecule is CC1CCN1c1ccc(C2CN(C(=O)N3CCCOCC(=O)NCC3)C2)cc1. The molecule has 7 nitrogen and oxygen atoms in total. The summed E-state index contributed by atoms with van der Waals surface area (Å²) in [6.07, 6.45) is 2.03. The van der Waals surface area contributed by atoms with Gasteiger partial charge in [-0.25, -0.2) is 4.79 Å². The second-order valence-electron chi connectivity index (χ2n) is 8.05. The van der Waals surface area contributed by atoms with Gasteiger partial charge in [0.2, 0.25) is 5.91 Å². The fraction of sp³-hybridized carbons (Fsp3) is 0.619. The molecular weight excluding hydrogens is 356 g/mol. The summed E-state index contributed by atoms with van der Waals surface area (Å²) >= 11 is 0. The summed E-state index contributed by atoms with van der Waals surface area (Å²) in [5.41, 5.74) is 2.61. The van der Waals surface area contributed by atoms with E-state index in [0.29, 0.717) is 38.2 Å². The number of ether oxygens (including phenoxy) is 1. The zero-order valence-electron chi connectivity index (χ0n) is 16.6. The number of carbonyl (C=O) groups is 2. The Labute approximate surface area is 166 Å². The molecule has 0 aromatic heterocycles. The summed E-state index contributed by atoms with van der Waals surface area (Å²) in [6, 6.07) is 9.56. The van der Waals surface area contributed by atoms with Crippen molar-refractivity contribution >= 4 is 17.6 Å². The molecule has 7 heteroatoms. The maximum absolute atomic E-state index is 12.8. The highest BCUT2D eigenvalue weighted by Crippen LogP contribution is 2.31. The number of anilines is 1. The first-order valence-electron chi connectivity index (χ1n) is 10.4. The number of nitrogens with one attached hydrogen (secondary N) is 1. The number of nitrogens with zero attached hydrogens (tertiary/aromatic N) is 3. The molecule has 1 unspecified atom stereocenters. The Hall–Kier alpha value is -2.28. The average molecular weight is 386 g/mol. The molecule has 3 amide bonds. The summed E-state index contributed by atoms with van der Waals surface area (Å²) in [5, 5.41) is 2.79. The van der Waals surface area contributed by atoms with E-state index in [1.807, 2.05) is 9.80 Å². The van der Waals surface area contributed by atoms with Gasteiger partial charge in [0.25, 0.3) is 0 Å². The van der Waals surface area contributed by atoms with E-state index in [1.54, 1.807) is 0 Å². The Morgan fingerprint density at radius 2 is 1.89 bits per heavy atom. The van der Waals surface area contributed by atoms with Gasteiger partial charge >= 0.3 is 6.03 Å². The number of urea groups is 1. The van der Waals surface area contributed by atoms with Crippen molar-refractivity contribution in [3.05, 3.63) is 29.8 Å². The Balaban J connectivity index is 1.28. The van der Waals surface area contributed by atoms with E-state index in [1.165, 1.54) is 17.7 Å². The lowest BCUT2D eigenvalue weighted by atomic mass is 9.91. The van der Waals surface area contributed by atoms with Gasteiger partial charge in [0.1, 0.15) is 6.61 Å². The molecule has 0 aliphatic carbocycles. The predicted molar refractivity (Wildman–Crippen MR) is 108 cm³/mol. The van der Waals surface area contributed by atoms with Crippen molar-refractivity contribution in [1.82, 2.24) is 15.1 Å². The van der Waals surface area contributed by atoms with Crippen molar-refractivity contribution in [2.24, 2.45) is 0 Å². The summed E-state index contributed by atoms with van der Waals surface area (Å²) in [4.78, 5) is 30.5. The summed E-state index contributed by atoms with van der Waals surface area (Å²) in [5.74, 6) is 0.296. The number of hydrogen-bond donors (Lipinski definition) is 1. The van der Waals surface area contributed by atoms with Gasteiger partial charge in [0, 0.05) is 63.5 Å². The lowest BCUT2D eigenvalue weighted by Gasteiger charge is -2.43. The minimum absolute atomic E-state index is 0.0668. The smallest absolute Gasteiger partial charge is 0.320 e. The van der Waals surface area contributed by atoms with Gasteiger partial charge in [-0.3, -0.25) is 4.79 Å². The van der Waals surface area contributed by atoms with Crippen molar-refractivity contribution in [1.29, 1.82) is 0 Å². The van der Waals surface area contributed by atoms with E-state index in [9.17, 15) is 9.59 Å². The minimum Gasteiger partial charge on any atom is -0.372 e. The molecule has 0 spiro atoms. The third-order valence-corrected chi connectivity index (χ3v) is 6.09. The molecule has 3 fully saturated rings. The van der Waals surface area contributed by atoms with Crippen LogP contribution in [0.25, 0.3) is 0 Å². The van der Waals surface area contributed by atoms with Crippen molar-refractivity contribution < 1.29 is 14.3 Å². The Morgan fingerprint density at radius 3 is 2.57 bits per heavy atom. The summed E-state index contributed by atoms with van der Waals surface area (Å²) in [6.45, 7) is 7.23. The van der Waals surface area contributed by atoms with Gasteiger partial charge in [-0.15, -0.1) is 0 Å². The van der Waals surface area contributed by atoms with Crippen molar-refractivity contribution in [2.75, 3.05) is 57.4 Å². The third kappa shape index (κ3) is 4.09. The Bertz CT molecular complexity index is 702. The van der Waals surface area contributed by atoms with Crippen LogP contribution in [-0.4, -0.2) is 80.3 Å². The van der Waals surface area contributed by atoms with Gasteiger partial charge in [0.05, 0.1) is 0 Å². The molecule has 0 bridgehead atoms. The Kier molecular flexibility index (Phi) is 5.71. The maximum atomic E-state index is 12.8. The highest BCUT2D eigenvalue weighted by atomic mass is 16.5. The highest BCUT2D eigenvalue weighted by Gasteiger charge is 2.34. The molecule has 3 heterocycles. The lowest BCUT2D eigenvalue weighted by Crippen LogP contribution is -2.55. The maximum Gasteiger partial charge on any atom is 0.320 e. The number of amides is 3. The van der Waals surface area contributed by atoms with Crippen LogP contribution >= 0.6 is 0 Å². The van der Waals surface area contributed by atoms with Crippen LogP contribution in [0.4, 0.5) is 10.5 Å². The van der Waals surface area contributed by atoms with Crippen LogP contribution in [0.3, 0.4) is 0 Å². The molecule has 3 aliphatic rings. The van der Waals surface area contributed by atoms with Crippen molar-refractivity contribution in [3.8, 4) is 0 Å². The van der Waals surface area contributed by atoms with E-state index in [2.05, 4.69) is 41.4 Å². The van der Waals surface area contributed by atoms with Gasteiger partial charge in [-0.05, 0) is 37.5 Å². The van der Waals surface area contributed by atoms with Crippen molar-refractivity contribution in [3.63, 3.8) is 0 Å². The number of rotatable bonds is 2. The van der Waals surface area contributed by atoms with Crippen molar-refractivity contribution in [2.45, 2.75) is 31.7 Å². The zero-order chi connectivity index (χ0) is 19.5. The fourth-order valence-corrected chi connectivity index (χ4v) is 4.09. The van der Waals surface area contributed by atoms with Crippen LogP contribution in [0.5, 0.6) is 0 Å². The normalized spacial score (nSPS) is 24.2. The molecular formula is C21H30N4O3. The van der Waals surface area contributed by atoms with Crippen LogP contribution in [-0.2, 0) is 9.53 Å². The topological polar surface area (TPSA) is 65.1 Å². The fourth-order valence-electron chi connectivity index (χ4n) is 4.09. The van der Waals surface area contributed by atoms with Crippen LogP contribution in [0, 0.1) is 0 Å². The average Bonchev–Trinajstić information content (AvgIpc) is 2.65. The predicted octanol–water partition coefficient (Wildman–Crippen LogP) is 1.64. The second kappa shape index (κ2) is 8.39.